The van der Waals surface area contributed by atoms with Crippen LogP contribution in [-0.4, -0.2) is 4.98 Å². The Hall–Kier alpha value is -0.970. The number of rotatable bonds is 2. The predicted molar refractivity (Wildman–Crippen MR) is 38.7 cm³/mol. The molecule has 1 unspecified atom stereocenters. The monoisotopic (exact) mass is 176 g/mol. The molecule has 0 aromatic carbocycles. The highest BCUT2D eigenvalue weighted by Gasteiger charge is 2.29. The molecular weight excluding hydrogens is 166 g/mol. The van der Waals surface area contributed by atoms with E-state index in [0.29, 0.717) is 0 Å². The molecule has 0 aliphatic rings. The van der Waals surface area contributed by atoms with Crippen LogP contribution in [0.5, 0.6) is 0 Å². The lowest BCUT2D eigenvalue weighted by atomic mass is 10.3. The summed E-state index contributed by atoms with van der Waals surface area (Å²) in [4.78, 5) is 3.54. The fourth-order valence-corrected chi connectivity index (χ4v) is 0.698. The smallest absolute Gasteiger partial charge is 0.290 e. The molecule has 2 N–H and O–H groups in total. The minimum atomic E-state index is -2.96. The zero-order valence-corrected chi connectivity index (χ0v) is 6.84. The fourth-order valence-electron chi connectivity index (χ4n) is 0.698. The van der Waals surface area contributed by atoms with E-state index in [9.17, 15) is 8.78 Å². The Morgan fingerprint density at radius 3 is 2.50 bits per heavy atom. The summed E-state index contributed by atoms with van der Waals surface area (Å²) in [6, 6.07) is -0.457. The summed E-state index contributed by atoms with van der Waals surface area (Å²) in [7, 11) is 0. The van der Waals surface area contributed by atoms with E-state index in [1.165, 1.54) is 0 Å². The normalized spacial score (nSPS) is 14.8. The van der Waals surface area contributed by atoms with Crippen molar-refractivity contribution in [1.29, 1.82) is 0 Å². The van der Waals surface area contributed by atoms with Gasteiger partial charge in [-0.05, 0) is 6.92 Å². The van der Waals surface area contributed by atoms with Crippen molar-refractivity contribution in [3.8, 4) is 0 Å². The lowest BCUT2D eigenvalue weighted by Crippen LogP contribution is -2.09. The summed E-state index contributed by atoms with van der Waals surface area (Å²) >= 11 is 0. The van der Waals surface area contributed by atoms with Crippen LogP contribution in [0.1, 0.15) is 31.5 Å². The lowest BCUT2D eigenvalue weighted by Gasteiger charge is -2.03. The number of alkyl halides is 2. The Morgan fingerprint density at radius 1 is 1.67 bits per heavy atom. The van der Waals surface area contributed by atoms with Gasteiger partial charge < -0.3 is 10.2 Å². The highest BCUT2D eigenvalue weighted by Crippen LogP contribution is 2.26. The van der Waals surface area contributed by atoms with E-state index in [1.807, 2.05) is 0 Å². The van der Waals surface area contributed by atoms with Crippen LogP contribution in [-0.2, 0) is 5.92 Å². The summed E-state index contributed by atoms with van der Waals surface area (Å²) in [5.41, 5.74) is 4.99. The maximum atomic E-state index is 12.6. The van der Waals surface area contributed by atoms with Crippen molar-refractivity contribution < 1.29 is 13.2 Å². The van der Waals surface area contributed by atoms with E-state index in [1.54, 1.807) is 6.92 Å². The van der Waals surface area contributed by atoms with Crippen molar-refractivity contribution in [2.24, 2.45) is 5.73 Å². The third-order valence-electron chi connectivity index (χ3n) is 1.36. The molecule has 3 nitrogen and oxygen atoms in total. The van der Waals surface area contributed by atoms with Gasteiger partial charge in [-0.15, -0.1) is 0 Å². The van der Waals surface area contributed by atoms with E-state index in [4.69, 9.17) is 10.2 Å². The van der Waals surface area contributed by atoms with Crippen LogP contribution in [0, 0.1) is 0 Å². The summed E-state index contributed by atoms with van der Waals surface area (Å²) in [6.45, 7) is 2.37. The van der Waals surface area contributed by atoms with Crippen molar-refractivity contribution in [2.75, 3.05) is 0 Å². The molecule has 1 aromatic rings. The Morgan fingerprint density at radius 2 is 2.25 bits per heavy atom. The van der Waals surface area contributed by atoms with Gasteiger partial charge in [0.05, 0.1) is 6.04 Å². The molecule has 1 atom stereocenters. The van der Waals surface area contributed by atoms with E-state index in [0.717, 1.165) is 13.2 Å². The minimum absolute atomic E-state index is 0.131. The molecule has 5 heteroatoms. The summed E-state index contributed by atoms with van der Waals surface area (Å²) in [6.07, 6.45) is 0.929. The van der Waals surface area contributed by atoms with Crippen LogP contribution in [0.4, 0.5) is 8.78 Å². The molecule has 1 aromatic heterocycles. The summed E-state index contributed by atoms with van der Waals surface area (Å²) in [5.74, 6) is -2.83. The van der Waals surface area contributed by atoms with Gasteiger partial charge in [0.2, 0.25) is 5.89 Å². The Bertz CT molecular complexity index is 265. The Labute approximate surface area is 68.6 Å². The number of aromatic nitrogens is 1. The molecule has 0 aliphatic heterocycles. The van der Waals surface area contributed by atoms with Crippen LogP contribution in [0.15, 0.2) is 10.7 Å². The largest absolute Gasteiger partial charge is 0.447 e. The van der Waals surface area contributed by atoms with E-state index < -0.39 is 12.0 Å². The Kier molecular flexibility index (Phi) is 2.14. The van der Waals surface area contributed by atoms with Gasteiger partial charge >= 0.3 is 0 Å². The van der Waals surface area contributed by atoms with E-state index in [2.05, 4.69) is 4.98 Å². The fraction of sp³-hybridized carbons (Fsp3) is 0.571. The molecule has 0 fully saturated rings. The second-order valence-corrected chi connectivity index (χ2v) is 2.75. The molecule has 0 aliphatic carbocycles. The Balaban J connectivity index is 2.92. The third-order valence-corrected chi connectivity index (χ3v) is 1.36. The van der Waals surface area contributed by atoms with Gasteiger partial charge in [0.15, 0.2) is 0 Å². The summed E-state index contributed by atoms with van der Waals surface area (Å²) in [5, 5.41) is 0. The average molecular weight is 176 g/mol. The second-order valence-electron chi connectivity index (χ2n) is 2.75. The zero-order valence-electron chi connectivity index (χ0n) is 6.84. The minimum Gasteiger partial charge on any atom is -0.447 e. The zero-order chi connectivity index (χ0) is 9.35. The van der Waals surface area contributed by atoms with Crippen LogP contribution in [0.2, 0.25) is 0 Å². The molecule has 1 heterocycles. The average Bonchev–Trinajstić information content (AvgIpc) is 2.30. The number of nitrogens with zero attached hydrogens (tertiary/aromatic N) is 1. The van der Waals surface area contributed by atoms with Crippen molar-refractivity contribution in [1.82, 2.24) is 4.98 Å². The highest BCUT2D eigenvalue weighted by molar-refractivity contribution is 5.04. The van der Waals surface area contributed by atoms with Gasteiger partial charge in [-0.2, -0.15) is 8.78 Å². The van der Waals surface area contributed by atoms with Gasteiger partial charge in [-0.1, -0.05) is 0 Å². The number of hydrogen-bond acceptors (Lipinski definition) is 3. The lowest BCUT2D eigenvalue weighted by molar-refractivity contribution is 0.0126. The van der Waals surface area contributed by atoms with Gasteiger partial charge in [-0.3, -0.25) is 0 Å². The van der Waals surface area contributed by atoms with Crippen LogP contribution in [0.3, 0.4) is 0 Å². The number of halogens is 2. The first-order valence-electron chi connectivity index (χ1n) is 3.50. The topological polar surface area (TPSA) is 52.0 Å². The predicted octanol–water partition coefficient (Wildman–Crippen LogP) is 1.81. The molecule has 1 rings (SSSR count). The maximum absolute atomic E-state index is 12.6. The maximum Gasteiger partial charge on any atom is 0.290 e. The molecule has 12 heavy (non-hydrogen) atoms. The van der Waals surface area contributed by atoms with Crippen molar-refractivity contribution in [3.63, 3.8) is 0 Å². The number of nitrogens with two attached hydrogens (primary N) is 1. The molecular formula is C7H10F2N2O. The molecule has 0 spiro atoms. The van der Waals surface area contributed by atoms with E-state index in [-0.39, 0.29) is 11.6 Å². The van der Waals surface area contributed by atoms with Gasteiger partial charge in [-0.25, -0.2) is 4.98 Å². The molecule has 0 radical (unpaired) electrons. The van der Waals surface area contributed by atoms with Crippen molar-refractivity contribution in [3.05, 3.63) is 17.8 Å². The van der Waals surface area contributed by atoms with E-state index >= 15 is 0 Å². The molecule has 0 saturated heterocycles. The van der Waals surface area contributed by atoms with Crippen LogP contribution >= 0.6 is 0 Å². The molecule has 68 valence electrons. The van der Waals surface area contributed by atoms with Crippen molar-refractivity contribution >= 4 is 0 Å². The SMILES string of the molecule is CC(N)c1nc(C(C)(F)F)co1. The first-order valence-corrected chi connectivity index (χ1v) is 3.50. The second kappa shape index (κ2) is 2.82. The number of hydrogen-bond donors (Lipinski definition) is 1. The molecule has 0 bridgehead atoms. The standard InChI is InChI=1S/C7H10F2N2O/c1-4(10)6-11-5(3-12-6)7(2,8)9/h3-4H,10H2,1-2H3. The third kappa shape index (κ3) is 1.79. The van der Waals surface area contributed by atoms with Crippen LogP contribution in [0.25, 0.3) is 0 Å². The first-order chi connectivity index (χ1) is 5.41. The van der Waals surface area contributed by atoms with Gasteiger partial charge in [0.25, 0.3) is 5.92 Å². The summed E-state index contributed by atoms with van der Waals surface area (Å²) < 4.78 is 29.9. The highest BCUT2D eigenvalue weighted by atomic mass is 19.3. The first kappa shape index (κ1) is 9.12. The number of oxazole rings is 1. The van der Waals surface area contributed by atoms with Gasteiger partial charge in [0.1, 0.15) is 12.0 Å². The van der Waals surface area contributed by atoms with Gasteiger partial charge in [0, 0.05) is 6.92 Å². The van der Waals surface area contributed by atoms with Crippen LogP contribution < -0.4 is 5.73 Å². The molecule has 0 amide bonds. The molecule has 0 saturated carbocycles. The quantitative estimate of drug-likeness (QED) is 0.747. The van der Waals surface area contributed by atoms with Crippen molar-refractivity contribution in [2.45, 2.75) is 25.8 Å².